The maximum Gasteiger partial charge on any atom is 0.272 e. The van der Waals surface area contributed by atoms with Crippen LogP contribution in [0.15, 0.2) is 24.3 Å². The summed E-state index contributed by atoms with van der Waals surface area (Å²) in [5, 5.41) is 22.5. The largest absolute Gasteiger partial charge is 0.508 e. The SMILES string of the molecule is O=C(NCc1cccc(O)c1)c1n[nH]c2c1CNCC2. The number of nitrogens with one attached hydrogen (secondary N) is 3. The van der Waals surface area contributed by atoms with Crippen LogP contribution in [-0.4, -0.2) is 27.8 Å². The molecular formula is C14H16N4O2. The molecule has 3 rings (SSSR count). The molecule has 2 aromatic rings. The number of amides is 1. The van der Waals surface area contributed by atoms with Crippen molar-refractivity contribution in [3.8, 4) is 5.75 Å². The number of benzene rings is 1. The lowest BCUT2D eigenvalue weighted by atomic mass is 10.1. The van der Waals surface area contributed by atoms with Crippen LogP contribution in [0.1, 0.15) is 27.3 Å². The third-order valence-corrected chi connectivity index (χ3v) is 3.39. The number of H-pyrrole nitrogens is 1. The Bertz CT molecular complexity index is 636. The summed E-state index contributed by atoms with van der Waals surface area (Å²) in [6.07, 6.45) is 0.863. The van der Waals surface area contributed by atoms with Gasteiger partial charge in [-0.2, -0.15) is 5.10 Å². The van der Waals surface area contributed by atoms with Crippen molar-refractivity contribution in [2.45, 2.75) is 19.5 Å². The van der Waals surface area contributed by atoms with E-state index in [2.05, 4.69) is 20.8 Å². The highest BCUT2D eigenvalue weighted by Crippen LogP contribution is 2.15. The lowest BCUT2D eigenvalue weighted by Gasteiger charge is -2.12. The van der Waals surface area contributed by atoms with E-state index in [1.807, 2.05) is 6.07 Å². The molecule has 104 valence electrons. The normalized spacial score (nSPS) is 13.8. The predicted octanol–water partition coefficient (Wildman–Crippen LogP) is 0.691. The van der Waals surface area contributed by atoms with E-state index in [4.69, 9.17) is 0 Å². The molecule has 4 N–H and O–H groups in total. The number of fused-ring (bicyclic) bond motifs is 1. The molecule has 1 aromatic carbocycles. The van der Waals surface area contributed by atoms with Gasteiger partial charge in [0.2, 0.25) is 0 Å². The van der Waals surface area contributed by atoms with Crippen molar-refractivity contribution in [1.82, 2.24) is 20.8 Å². The van der Waals surface area contributed by atoms with Gasteiger partial charge < -0.3 is 15.7 Å². The van der Waals surface area contributed by atoms with E-state index in [9.17, 15) is 9.90 Å². The third kappa shape index (κ3) is 2.50. The number of hydrogen-bond donors (Lipinski definition) is 4. The van der Waals surface area contributed by atoms with Crippen molar-refractivity contribution in [1.29, 1.82) is 0 Å². The number of nitrogens with zero attached hydrogens (tertiary/aromatic N) is 1. The van der Waals surface area contributed by atoms with Gasteiger partial charge in [-0.25, -0.2) is 0 Å². The zero-order valence-corrected chi connectivity index (χ0v) is 10.9. The Labute approximate surface area is 116 Å². The van der Waals surface area contributed by atoms with Crippen molar-refractivity contribution >= 4 is 5.91 Å². The minimum absolute atomic E-state index is 0.193. The number of carbonyl (C=O) groups is 1. The number of hydrogen-bond acceptors (Lipinski definition) is 4. The molecule has 0 saturated heterocycles. The van der Waals surface area contributed by atoms with Crippen LogP contribution in [0.25, 0.3) is 0 Å². The topological polar surface area (TPSA) is 90.0 Å². The molecule has 0 spiro atoms. The third-order valence-electron chi connectivity index (χ3n) is 3.39. The average Bonchev–Trinajstić information content (AvgIpc) is 2.89. The standard InChI is InChI=1S/C14H16N4O2/c19-10-3-1-2-9(6-10)7-16-14(20)13-11-8-15-5-4-12(11)17-18-13/h1-3,6,15,19H,4-5,7-8H2,(H,16,20)(H,17,18). The molecule has 1 aliphatic rings. The quantitative estimate of drug-likeness (QED) is 0.662. The Morgan fingerprint density at radius 3 is 3.20 bits per heavy atom. The number of carbonyl (C=O) groups excluding carboxylic acids is 1. The molecule has 0 aliphatic carbocycles. The van der Waals surface area contributed by atoms with Gasteiger partial charge in [-0.15, -0.1) is 0 Å². The smallest absolute Gasteiger partial charge is 0.272 e. The highest BCUT2D eigenvalue weighted by Gasteiger charge is 2.21. The number of aromatic nitrogens is 2. The lowest BCUT2D eigenvalue weighted by molar-refractivity contribution is 0.0944. The second kappa shape index (κ2) is 5.34. The number of aromatic hydroxyl groups is 1. The Morgan fingerprint density at radius 1 is 1.45 bits per heavy atom. The monoisotopic (exact) mass is 272 g/mol. The second-order valence-electron chi connectivity index (χ2n) is 4.81. The minimum atomic E-state index is -0.199. The molecule has 1 amide bonds. The fourth-order valence-corrected chi connectivity index (χ4v) is 2.35. The number of phenolic OH excluding ortho intramolecular Hbond substituents is 1. The highest BCUT2D eigenvalue weighted by atomic mass is 16.3. The fraction of sp³-hybridized carbons (Fsp3) is 0.286. The van der Waals surface area contributed by atoms with Crippen LogP contribution in [0.3, 0.4) is 0 Å². The van der Waals surface area contributed by atoms with E-state index >= 15 is 0 Å². The Kier molecular flexibility index (Phi) is 3.39. The fourth-order valence-electron chi connectivity index (χ4n) is 2.35. The molecular weight excluding hydrogens is 256 g/mol. The van der Waals surface area contributed by atoms with Crippen molar-refractivity contribution in [3.05, 3.63) is 46.8 Å². The van der Waals surface area contributed by atoms with Crippen molar-refractivity contribution in [2.75, 3.05) is 6.54 Å². The van der Waals surface area contributed by atoms with Crippen LogP contribution < -0.4 is 10.6 Å². The summed E-state index contributed by atoms with van der Waals surface area (Å²) in [5.41, 5.74) is 3.28. The molecule has 0 unspecified atom stereocenters. The second-order valence-corrected chi connectivity index (χ2v) is 4.81. The highest BCUT2D eigenvalue weighted by molar-refractivity contribution is 5.94. The van der Waals surface area contributed by atoms with Crippen LogP contribution in [0.4, 0.5) is 0 Å². The Hall–Kier alpha value is -2.34. The van der Waals surface area contributed by atoms with Gasteiger partial charge in [-0.3, -0.25) is 9.89 Å². The zero-order valence-electron chi connectivity index (χ0n) is 10.9. The van der Waals surface area contributed by atoms with E-state index in [0.717, 1.165) is 29.8 Å². The van der Waals surface area contributed by atoms with Gasteiger partial charge in [0, 0.05) is 37.3 Å². The molecule has 0 fully saturated rings. The number of aromatic amines is 1. The molecule has 0 saturated carbocycles. The van der Waals surface area contributed by atoms with Gasteiger partial charge in [-0.05, 0) is 17.7 Å². The van der Waals surface area contributed by atoms with E-state index in [1.54, 1.807) is 18.2 Å². The van der Waals surface area contributed by atoms with Gasteiger partial charge in [0.05, 0.1) is 0 Å². The first-order chi connectivity index (χ1) is 9.74. The van der Waals surface area contributed by atoms with Crippen LogP contribution in [0.5, 0.6) is 5.75 Å². The van der Waals surface area contributed by atoms with Gasteiger partial charge >= 0.3 is 0 Å². The molecule has 1 aliphatic heterocycles. The predicted molar refractivity (Wildman–Crippen MR) is 73.3 cm³/mol. The first-order valence-electron chi connectivity index (χ1n) is 6.57. The van der Waals surface area contributed by atoms with Crippen LogP contribution in [0.2, 0.25) is 0 Å². The summed E-state index contributed by atoms with van der Waals surface area (Å²) in [6, 6.07) is 6.82. The Balaban J connectivity index is 1.69. The van der Waals surface area contributed by atoms with Crippen molar-refractivity contribution in [2.24, 2.45) is 0 Å². The summed E-state index contributed by atoms with van der Waals surface area (Å²) in [7, 11) is 0. The number of phenols is 1. The van der Waals surface area contributed by atoms with Crippen molar-refractivity contribution < 1.29 is 9.90 Å². The first kappa shape index (κ1) is 12.7. The summed E-state index contributed by atoms with van der Waals surface area (Å²) in [4.78, 5) is 12.2. The maximum atomic E-state index is 12.2. The van der Waals surface area contributed by atoms with Gasteiger partial charge in [0.15, 0.2) is 5.69 Å². The maximum absolute atomic E-state index is 12.2. The Morgan fingerprint density at radius 2 is 2.35 bits per heavy atom. The van der Waals surface area contributed by atoms with E-state index in [-0.39, 0.29) is 11.7 Å². The molecule has 0 atom stereocenters. The van der Waals surface area contributed by atoms with Crippen LogP contribution >= 0.6 is 0 Å². The van der Waals surface area contributed by atoms with Gasteiger partial charge in [0.1, 0.15) is 5.75 Å². The molecule has 6 nitrogen and oxygen atoms in total. The van der Waals surface area contributed by atoms with E-state index < -0.39 is 0 Å². The van der Waals surface area contributed by atoms with E-state index in [1.165, 1.54) is 0 Å². The van der Waals surface area contributed by atoms with Gasteiger partial charge in [0.25, 0.3) is 5.91 Å². The van der Waals surface area contributed by atoms with Crippen molar-refractivity contribution in [3.63, 3.8) is 0 Å². The number of rotatable bonds is 3. The molecule has 2 heterocycles. The van der Waals surface area contributed by atoms with Crippen LogP contribution in [0, 0.1) is 0 Å². The van der Waals surface area contributed by atoms with Gasteiger partial charge in [-0.1, -0.05) is 12.1 Å². The molecule has 0 bridgehead atoms. The summed E-state index contributed by atoms with van der Waals surface area (Å²) in [6.45, 7) is 1.93. The molecule has 6 heteroatoms. The van der Waals surface area contributed by atoms with Crippen LogP contribution in [-0.2, 0) is 19.5 Å². The first-order valence-corrected chi connectivity index (χ1v) is 6.57. The molecule has 1 aromatic heterocycles. The lowest BCUT2D eigenvalue weighted by Crippen LogP contribution is -2.28. The van der Waals surface area contributed by atoms with E-state index in [0.29, 0.717) is 18.8 Å². The summed E-state index contributed by atoms with van der Waals surface area (Å²) in [5.74, 6) is -0.00681. The minimum Gasteiger partial charge on any atom is -0.508 e. The molecule has 20 heavy (non-hydrogen) atoms. The summed E-state index contributed by atoms with van der Waals surface area (Å²) < 4.78 is 0. The summed E-state index contributed by atoms with van der Waals surface area (Å²) >= 11 is 0. The molecule has 0 radical (unpaired) electrons. The average molecular weight is 272 g/mol. The zero-order chi connectivity index (χ0) is 13.9.